The van der Waals surface area contributed by atoms with Crippen molar-refractivity contribution < 1.29 is 0 Å². The molecule has 0 bridgehead atoms. The average Bonchev–Trinajstić information content (AvgIpc) is 2.59. The molecule has 84 valence electrons. The number of hydrogen-bond donors (Lipinski definition) is 1. The fourth-order valence-electron chi connectivity index (χ4n) is 2.21. The number of hydrogen-bond acceptors (Lipinski definition) is 3. The normalized spacial score (nSPS) is 22.0. The molecule has 2 heterocycles. The van der Waals surface area contributed by atoms with Gasteiger partial charge < -0.3 is 4.90 Å². The van der Waals surface area contributed by atoms with Crippen LogP contribution in [-0.4, -0.2) is 27.9 Å². The first-order chi connectivity index (χ1) is 7.22. The molecule has 0 radical (unpaired) electrons. The first-order valence-electron chi connectivity index (χ1n) is 5.62. The van der Waals surface area contributed by atoms with E-state index in [1.165, 1.54) is 12.8 Å². The number of aromatic nitrogens is 3. The monoisotopic (exact) mass is 226 g/mol. The lowest BCUT2D eigenvalue weighted by molar-refractivity contribution is 0.437. The second kappa shape index (κ2) is 4.35. The van der Waals surface area contributed by atoms with Crippen LogP contribution < -0.4 is 4.90 Å². The van der Waals surface area contributed by atoms with Gasteiger partial charge in [0.2, 0.25) is 5.95 Å². The van der Waals surface area contributed by atoms with Crippen molar-refractivity contribution in [2.45, 2.75) is 33.2 Å². The Hall–Kier alpha value is -0.840. The summed E-state index contributed by atoms with van der Waals surface area (Å²) >= 11 is 5.19. The van der Waals surface area contributed by atoms with Crippen molar-refractivity contribution in [2.24, 2.45) is 5.92 Å². The number of H-pyrrole nitrogens is 1. The molecule has 1 aromatic heterocycles. The van der Waals surface area contributed by atoms with E-state index in [0.29, 0.717) is 0 Å². The molecule has 0 saturated carbocycles. The third-order valence-corrected chi connectivity index (χ3v) is 3.31. The molecule has 1 unspecified atom stereocenters. The highest BCUT2D eigenvalue weighted by atomic mass is 32.1. The summed E-state index contributed by atoms with van der Waals surface area (Å²) in [6, 6.07) is 0. The number of nitrogens with one attached hydrogen (secondary N) is 1. The second-order valence-corrected chi connectivity index (χ2v) is 4.65. The van der Waals surface area contributed by atoms with Crippen LogP contribution in [0.1, 0.15) is 26.7 Å². The molecule has 15 heavy (non-hydrogen) atoms. The van der Waals surface area contributed by atoms with Crippen molar-refractivity contribution in [3.63, 3.8) is 0 Å². The molecule has 1 aliphatic heterocycles. The van der Waals surface area contributed by atoms with Gasteiger partial charge in [-0.1, -0.05) is 6.92 Å². The first-order valence-corrected chi connectivity index (χ1v) is 6.03. The second-order valence-electron chi connectivity index (χ2n) is 4.27. The van der Waals surface area contributed by atoms with Gasteiger partial charge in [0.15, 0.2) is 4.77 Å². The van der Waals surface area contributed by atoms with Crippen molar-refractivity contribution >= 4 is 18.2 Å². The number of nitrogens with zero attached hydrogens (tertiary/aromatic N) is 3. The highest BCUT2D eigenvalue weighted by Gasteiger charge is 2.20. The van der Waals surface area contributed by atoms with E-state index < -0.39 is 0 Å². The van der Waals surface area contributed by atoms with Crippen LogP contribution in [0.3, 0.4) is 0 Å². The minimum absolute atomic E-state index is 0.728. The van der Waals surface area contributed by atoms with E-state index in [2.05, 4.69) is 33.5 Å². The Kier molecular flexibility index (Phi) is 3.09. The summed E-state index contributed by atoms with van der Waals surface area (Å²) in [4.78, 5) is 2.34. The van der Waals surface area contributed by atoms with Crippen LogP contribution in [-0.2, 0) is 6.54 Å². The van der Waals surface area contributed by atoms with E-state index in [4.69, 9.17) is 12.2 Å². The van der Waals surface area contributed by atoms with E-state index in [1.54, 1.807) is 0 Å². The molecule has 0 spiro atoms. The molecule has 0 aromatic carbocycles. The van der Waals surface area contributed by atoms with E-state index in [-0.39, 0.29) is 0 Å². The fraction of sp³-hybridized carbons (Fsp3) is 0.800. The quantitative estimate of drug-likeness (QED) is 0.785. The Morgan fingerprint density at radius 1 is 1.60 bits per heavy atom. The summed E-state index contributed by atoms with van der Waals surface area (Å²) in [7, 11) is 0. The molecule has 1 atom stereocenters. The molecule has 5 heteroatoms. The maximum Gasteiger partial charge on any atom is 0.225 e. The van der Waals surface area contributed by atoms with Gasteiger partial charge in [0.1, 0.15) is 0 Å². The van der Waals surface area contributed by atoms with Gasteiger partial charge in [0.25, 0.3) is 0 Å². The zero-order chi connectivity index (χ0) is 10.8. The van der Waals surface area contributed by atoms with Gasteiger partial charge in [-0.05, 0) is 37.9 Å². The summed E-state index contributed by atoms with van der Waals surface area (Å²) in [6.45, 7) is 7.48. The SMILES string of the molecule is CCn1c(N2CCCC(C)C2)n[nH]c1=S. The van der Waals surface area contributed by atoms with E-state index in [9.17, 15) is 0 Å². The third kappa shape index (κ3) is 2.07. The lowest BCUT2D eigenvalue weighted by atomic mass is 10.0. The van der Waals surface area contributed by atoms with E-state index in [1.807, 2.05) is 0 Å². The number of piperidine rings is 1. The average molecular weight is 226 g/mol. The van der Waals surface area contributed by atoms with Crippen molar-refractivity contribution in [1.29, 1.82) is 0 Å². The van der Waals surface area contributed by atoms with Crippen molar-refractivity contribution in [3.05, 3.63) is 4.77 Å². The predicted molar refractivity (Wildman–Crippen MR) is 63.7 cm³/mol. The lowest BCUT2D eigenvalue weighted by Crippen LogP contribution is -2.36. The number of anilines is 1. The first kappa shape index (κ1) is 10.7. The maximum atomic E-state index is 5.19. The van der Waals surface area contributed by atoms with Crippen molar-refractivity contribution in [2.75, 3.05) is 18.0 Å². The van der Waals surface area contributed by atoms with Gasteiger partial charge in [0, 0.05) is 19.6 Å². The van der Waals surface area contributed by atoms with Crippen LogP contribution in [0.4, 0.5) is 5.95 Å². The van der Waals surface area contributed by atoms with Gasteiger partial charge in [-0.15, -0.1) is 5.10 Å². The molecule has 0 aliphatic carbocycles. The van der Waals surface area contributed by atoms with Crippen LogP contribution >= 0.6 is 12.2 Å². The van der Waals surface area contributed by atoms with Gasteiger partial charge in [-0.25, -0.2) is 5.10 Å². The smallest absolute Gasteiger partial charge is 0.225 e. The van der Waals surface area contributed by atoms with Gasteiger partial charge in [0.05, 0.1) is 0 Å². The summed E-state index contributed by atoms with van der Waals surface area (Å²) in [5.41, 5.74) is 0. The summed E-state index contributed by atoms with van der Waals surface area (Å²) < 4.78 is 2.79. The van der Waals surface area contributed by atoms with Crippen LogP contribution in [0.2, 0.25) is 0 Å². The maximum absolute atomic E-state index is 5.19. The molecule has 1 N–H and O–H groups in total. The topological polar surface area (TPSA) is 36.9 Å². The Bertz CT molecular complexity index is 381. The van der Waals surface area contributed by atoms with Crippen LogP contribution in [0, 0.1) is 10.7 Å². The molecule has 4 nitrogen and oxygen atoms in total. The lowest BCUT2D eigenvalue weighted by Gasteiger charge is -2.31. The highest BCUT2D eigenvalue weighted by molar-refractivity contribution is 7.71. The van der Waals surface area contributed by atoms with Crippen molar-refractivity contribution in [1.82, 2.24) is 14.8 Å². The largest absolute Gasteiger partial charge is 0.341 e. The van der Waals surface area contributed by atoms with E-state index in [0.717, 1.165) is 36.3 Å². The van der Waals surface area contributed by atoms with Gasteiger partial charge in [-0.2, -0.15) is 0 Å². The molecular weight excluding hydrogens is 208 g/mol. The zero-order valence-corrected chi connectivity index (χ0v) is 10.2. The molecule has 1 aliphatic rings. The van der Waals surface area contributed by atoms with Crippen LogP contribution in [0.15, 0.2) is 0 Å². The Morgan fingerprint density at radius 2 is 2.40 bits per heavy atom. The summed E-state index contributed by atoms with van der Waals surface area (Å²) in [5.74, 6) is 1.77. The highest BCUT2D eigenvalue weighted by Crippen LogP contribution is 2.21. The van der Waals surface area contributed by atoms with Gasteiger partial charge in [-0.3, -0.25) is 4.57 Å². The molecule has 0 amide bonds. The van der Waals surface area contributed by atoms with Crippen LogP contribution in [0.25, 0.3) is 0 Å². The van der Waals surface area contributed by atoms with Crippen molar-refractivity contribution in [3.8, 4) is 0 Å². The van der Waals surface area contributed by atoms with E-state index >= 15 is 0 Å². The zero-order valence-electron chi connectivity index (χ0n) is 9.36. The molecule has 1 fully saturated rings. The molecule has 1 aromatic rings. The minimum Gasteiger partial charge on any atom is -0.341 e. The Balaban J connectivity index is 2.24. The molecular formula is C10H18N4S. The fourth-order valence-corrected chi connectivity index (χ4v) is 2.46. The Labute approximate surface area is 95.3 Å². The summed E-state index contributed by atoms with van der Waals surface area (Å²) in [5, 5.41) is 7.19. The number of aromatic amines is 1. The molecule has 2 rings (SSSR count). The Morgan fingerprint density at radius 3 is 3.07 bits per heavy atom. The summed E-state index contributed by atoms with van der Waals surface area (Å²) in [6.07, 6.45) is 2.58. The predicted octanol–water partition coefficient (Wildman–Crippen LogP) is 2.20. The number of rotatable bonds is 2. The standard InChI is InChI=1S/C10H18N4S/c1-3-14-9(11-12-10(14)15)13-6-4-5-8(2)7-13/h8H,3-7H2,1-2H3,(H,12,15). The van der Waals surface area contributed by atoms with Gasteiger partial charge >= 0.3 is 0 Å². The van der Waals surface area contributed by atoms with Crippen LogP contribution in [0.5, 0.6) is 0 Å². The minimum atomic E-state index is 0.728. The third-order valence-electron chi connectivity index (χ3n) is 2.99. The molecule has 1 saturated heterocycles.